The summed E-state index contributed by atoms with van der Waals surface area (Å²) in [6.45, 7) is 1.80. The molecule has 0 unspecified atom stereocenters. The molecule has 0 bridgehead atoms. The second kappa shape index (κ2) is 5.59. The maximum Gasteiger partial charge on any atom is 0.243 e. The Balaban J connectivity index is 1.96. The average Bonchev–Trinajstić information content (AvgIpc) is 2.75. The fourth-order valence-corrected chi connectivity index (χ4v) is 2.28. The first kappa shape index (κ1) is 13.8. The van der Waals surface area contributed by atoms with Crippen molar-refractivity contribution in [2.24, 2.45) is 0 Å². The van der Waals surface area contributed by atoms with Crippen LogP contribution in [0, 0.1) is 6.92 Å². The molecule has 8 nitrogen and oxygen atoms in total. The van der Waals surface area contributed by atoms with E-state index in [4.69, 9.17) is 16.1 Å². The smallest absolute Gasteiger partial charge is 0.243 e. The molecule has 0 spiro atoms. The molecule has 0 aromatic carbocycles. The minimum atomic E-state index is -3.66. The van der Waals surface area contributed by atoms with Crippen LogP contribution in [0.15, 0.2) is 21.8 Å². The van der Waals surface area contributed by atoms with Gasteiger partial charge in [-0.15, -0.1) is 0 Å². The van der Waals surface area contributed by atoms with Crippen LogP contribution in [0.5, 0.6) is 0 Å². The van der Waals surface area contributed by atoms with Crippen molar-refractivity contribution >= 4 is 21.6 Å². The lowest BCUT2D eigenvalue weighted by molar-refractivity contribution is 0.387. The van der Waals surface area contributed by atoms with Gasteiger partial charge in [-0.2, -0.15) is 4.98 Å². The Kier molecular flexibility index (Phi) is 4.08. The molecule has 0 fully saturated rings. The number of nitrogens with one attached hydrogen (secondary N) is 1. The molecule has 0 saturated carbocycles. The number of hydrogen-bond acceptors (Lipinski definition) is 7. The molecule has 102 valence electrons. The zero-order valence-corrected chi connectivity index (χ0v) is 11.4. The highest BCUT2D eigenvalue weighted by atomic mass is 35.5. The van der Waals surface area contributed by atoms with Crippen LogP contribution in [0.25, 0.3) is 0 Å². The van der Waals surface area contributed by atoms with Gasteiger partial charge in [0, 0.05) is 19.9 Å². The van der Waals surface area contributed by atoms with E-state index >= 15 is 0 Å². The van der Waals surface area contributed by atoms with E-state index in [0.717, 1.165) is 12.4 Å². The SMILES string of the molecule is Cc1nc(CCNS(=O)(=O)c2cnc(Cl)nc2)no1. The maximum absolute atomic E-state index is 11.8. The Bertz CT molecular complexity index is 655. The molecular weight excluding hydrogens is 294 g/mol. The van der Waals surface area contributed by atoms with Gasteiger partial charge in [0.15, 0.2) is 5.82 Å². The van der Waals surface area contributed by atoms with Crippen LogP contribution in [-0.2, 0) is 16.4 Å². The number of hydrogen-bond donors (Lipinski definition) is 1. The molecule has 0 aliphatic rings. The molecule has 19 heavy (non-hydrogen) atoms. The largest absolute Gasteiger partial charge is 0.340 e. The second-order valence-electron chi connectivity index (χ2n) is 3.57. The molecule has 0 radical (unpaired) electrons. The highest BCUT2D eigenvalue weighted by Gasteiger charge is 2.15. The summed E-state index contributed by atoms with van der Waals surface area (Å²) < 4.78 is 30.8. The Labute approximate surface area is 114 Å². The van der Waals surface area contributed by atoms with Crippen LogP contribution >= 0.6 is 11.6 Å². The maximum atomic E-state index is 11.8. The molecule has 2 aromatic rings. The summed E-state index contributed by atoms with van der Waals surface area (Å²) in [6.07, 6.45) is 2.59. The number of aryl methyl sites for hydroxylation is 1. The summed E-state index contributed by atoms with van der Waals surface area (Å²) in [7, 11) is -3.66. The normalized spacial score (nSPS) is 11.7. The monoisotopic (exact) mass is 303 g/mol. The van der Waals surface area contributed by atoms with Gasteiger partial charge in [0.25, 0.3) is 0 Å². The average molecular weight is 304 g/mol. The highest BCUT2D eigenvalue weighted by molar-refractivity contribution is 7.89. The standard InChI is InChI=1S/C9H10ClN5O3S/c1-6-14-8(15-18-6)2-3-13-19(16,17)7-4-11-9(10)12-5-7/h4-5,13H,2-3H2,1H3. The lowest BCUT2D eigenvalue weighted by Gasteiger charge is -2.04. The summed E-state index contributed by atoms with van der Waals surface area (Å²) in [4.78, 5) is 11.1. The minimum Gasteiger partial charge on any atom is -0.340 e. The third kappa shape index (κ3) is 3.69. The van der Waals surface area contributed by atoms with E-state index < -0.39 is 10.0 Å². The summed E-state index contributed by atoms with van der Waals surface area (Å²) >= 11 is 5.48. The summed E-state index contributed by atoms with van der Waals surface area (Å²) in [5.41, 5.74) is 0. The van der Waals surface area contributed by atoms with Crippen molar-refractivity contribution in [3.63, 3.8) is 0 Å². The fourth-order valence-electron chi connectivity index (χ4n) is 1.26. The van der Waals surface area contributed by atoms with E-state index in [0.29, 0.717) is 18.1 Å². The number of sulfonamides is 1. The fraction of sp³-hybridized carbons (Fsp3) is 0.333. The van der Waals surface area contributed by atoms with Crippen molar-refractivity contribution in [2.45, 2.75) is 18.2 Å². The van der Waals surface area contributed by atoms with Crippen LogP contribution in [0.1, 0.15) is 11.7 Å². The van der Waals surface area contributed by atoms with Gasteiger partial charge in [0.1, 0.15) is 4.90 Å². The first-order valence-electron chi connectivity index (χ1n) is 5.24. The van der Waals surface area contributed by atoms with Gasteiger partial charge >= 0.3 is 0 Å². The number of halogens is 1. The Hall–Kier alpha value is -1.58. The van der Waals surface area contributed by atoms with Crippen LogP contribution in [0.4, 0.5) is 0 Å². The van der Waals surface area contributed by atoms with Gasteiger partial charge in [-0.1, -0.05) is 5.16 Å². The van der Waals surface area contributed by atoms with Gasteiger partial charge in [-0.3, -0.25) is 0 Å². The molecule has 0 amide bonds. The van der Waals surface area contributed by atoms with Crippen molar-refractivity contribution in [1.82, 2.24) is 24.8 Å². The van der Waals surface area contributed by atoms with Gasteiger partial charge < -0.3 is 4.52 Å². The van der Waals surface area contributed by atoms with Gasteiger partial charge in [0.2, 0.25) is 21.2 Å². The summed E-state index contributed by atoms with van der Waals surface area (Å²) in [6, 6.07) is 0. The molecular formula is C9H10ClN5O3S. The van der Waals surface area contributed by atoms with Crippen LogP contribution in [0.3, 0.4) is 0 Å². The molecule has 0 aliphatic carbocycles. The van der Waals surface area contributed by atoms with E-state index in [1.54, 1.807) is 6.92 Å². The van der Waals surface area contributed by atoms with Crippen molar-refractivity contribution in [1.29, 1.82) is 0 Å². The number of rotatable bonds is 5. The minimum absolute atomic E-state index is 0.0128. The van der Waals surface area contributed by atoms with Crippen molar-refractivity contribution in [3.8, 4) is 0 Å². The molecule has 1 N–H and O–H groups in total. The number of aromatic nitrogens is 4. The predicted octanol–water partition coefficient (Wildman–Crippen LogP) is 0.342. The molecule has 10 heteroatoms. The predicted molar refractivity (Wildman–Crippen MR) is 65.0 cm³/mol. The Morgan fingerprint density at radius 1 is 1.37 bits per heavy atom. The van der Waals surface area contributed by atoms with Crippen LogP contribution in [0.2, 0.25) is 5.28 Å². The van der Waals surface area contributed by atoms with Crippen molar-refractivity contribution in [3.05, 3.63) is 29.4 Å². The van der Waals surface area contributed by atoms with E-state index in [2.05, 4.69) is 24.8 Å². The third-order valence-electron chi connectivity index (χ3n) is 2.12. The van der Waals surface area contributed by atoms with E-state index in [1.165, 1.54) is 0 Å². The van der Waals surface area contributed by atoms with Crippen LogP contribution < -0.4 is 4.72 Å². The highest BCUT2D eigenvalue weighted by Crippen LogP contribution is 2.07. The zero-order valence-electron chi connectivity index (χ0n) is 9.87. The Morgan fingerprint density at radius 3 is 2.63 bits per heavy atom. The number of nitrogens with zero attached hydrogens (tertiary/aromatic N) is 4. The summed E-state index contributed by atoms with van der Waals surface area (Å²) in [5, 5.41) is 3.64. The first-order valence-corrected chi connectivity index (χ1v) is 7.10. The van der Waals surface area contributed by atoms with Crippen molar-refractivity contribution in [2.75, 3.05) is 6.54 Å². The molecule has 0 atom stereocenters. The van der Waals surface area contributed by atoms with Gasteiger partial charge in [0.05, 0.1) is 12.4 Å². The Morgan fingerprint density at radius 2 is 2.05 bits per heavy atom. The topological polar surface area (TPSA) is 111 Å². The van der Waals surface area contributed by atoms with E-state index in [1.807, 2.05) is 0 Å². The lowest BCUT2D eigenvalue weighted by Crippen LogP contribution is -2.26. The van der Waals surface area contributed by atoms with Gasteiger partial charge in [-0.05, 0) is 11.6 Å². The molecule has 2 heterocycles. The van der Waals surface area contributed by atoms with Crippen LogP contribution in [-0.4, -0.2) is 35.1 Å². The van der Waals surface area contributed by atoms with E-state index in [9.17, 15) is 8.42 Å². The lowest BCUT2D eigenvalue weighted by atomic mass is 10.4. The molecule has 2 aromatic heterocycles. The third-order valence-corrected chi connectivity index (χ3v) is 3.73. The van der Waals surface area contributed by atoms with Crippen molar-refractivity contribution < 1.29 is 12.9 Å². The molecule has 0 aliphatic heterocycles. The van der Waals surface area contributed by atoms with Gasteiger partial charge in [-0.25, -0.2) is 23.1 Å². The molecule has 2 rings (SSSR count). The zero-order chi connectivity index (χ0) is 13.9. The first-order chi connectivity index (χ1) is 8.97. The second-order valence-corrected chi connectivity index (χ2v) is 5.67. The molecule has 0 saturated heterocycles. The summed E-state index contributed by atoms with van der Waals surface area (Å²) in [5.74, 6) is 0.872. The van der Waals surface area contributed by atoms with E-state index in [-0.39, 0.29) is 16.7 Å². The quantitative estimate of drug-likeness (QED) is 0.793.